The number of fused-ring (bicyclic) bond motifs is 2. The van der Waals surface area contributed by atoms with Gasteiger partial charge in [-0.3, -0.25) is 18.9 Å². The summed E-state index contributed by atoms with van der Waals surface area (Å²) in [6, 6.07) is 15.7. The fourth-order valence-electron chi connectivity index (χ4n) is 5.43. The number of thioether (sulfide) groups is 1. The number of thiocarbonyl (C=S) groups is 1. The van der Waals surface area contributed by atoms with Crippen molar-refractivity contribution < 1.29 is 18.7 Å². The van der Waals surface area contributed by atoms with E-state index in [4.69, 9.17) is 26.7 Å². The molecule has 3 aliphatic heterocycles. The summed E-state index contributed by atoms with van der Waals surface area (Å²) in [6.45, 7) is 4.87. The number of rotatable bonds is 5. The number of nitrogens with zero attached hydrogens (tertiary/aromatic N) is 5. The SMILES string of the molecule is Cc1ccc2nc(N3CCN(c4ccc(F)cc4)CC3)c(C=C3SC(=S)N(Cc4ccc5c(c4)OCO5)C3=O)c(=O)n2c1. The highest BCUT2D eigenvalue weighted by Crippen LogP contribution is 2.37. The number of ether oxygens (including phenoxy) is 2. The normalized spacial score (nSPS) is 17.5. The Balaban J connectivity index is 1.20. The number of benzene rings is 2. The van der Waals surface area contributed by atoms with Gasteiger partial charge in [0, 0.05) is 38.1 Å². The number of anilines is 2. The summed E-state index contributed by atoms with van der Waals surface area (Å²) in [4.78, 5) is 38.6. The minimum absolute atomic E-state index is 0.168. The van der Waals surface area contributed by atoms with Crippen LogP contribution in [0.3, 0.4) is 0 Å². The van der Waals surface area contributed by atoms with Crippen LogP contribution in [0.25, 0.3) is 11.7 Å². The van der Waals surface area contributed by atoms with Gasteiger partial charge >= 0.3 is 0 Å². The van der Waals surface area contributed by atoms with Crippen LogP contribution in [0.5, 0.6) is 11.5 Å². The number of carbonyl (C=O) groups is 1. The molecule has 1 amide bonds. The summed E-state index contributed by atoms with van der Waals surface area (Å²) in [5.74, 6) is 1.28. The second-order valence-corrected chi connectivity index (χ2v) is 12.2. The van der Waals surface area contributed by atoms with E-state index in [1.54, 1.807) is 24.4 Å². The molecule has 12 heteroatoms. The van der Waals surface area contributed by atoms with Crippen LogP contribution >= 0.6 is 24.0 Å². The first kappa shape index (κ1) is 27.4. The predicted molar refractivity (Wildman–Crippen MR) is 168 cm³/mol. The van der Waals surface area contributed by atoms with Crippen molar-refractivity contribution in [2.45, 2.75) is 13.5 Å². The molecule has 218 valence electrons. The van der Waals surface area contributed by atoms with E-state index < -0.39 is 0 Å². The van der Waals surface area contributed by atoms with Gasteiger partial charge in [-0.2, -0.15) is 0 Å². The first-order valence-corrected chi connectivity index (χ1v) is 15.0. The molecule has 0 bridgehead atoms. The van der Waals surface area contributed by atoms with Gasteiger partial charge in [-0.25, -0.2) is 9.37 Å². The predicted octanol–water partition coefficient (Wildman–Crippen LogP) is 4.60. The highest BCUT2D eigenvalue weighted by Gasteiger charge is 2.33. The van der Waals surface area contributed by atoms with E-state index in [0.29, 0.717) is 63.9 Å². The largest absolute Gasteiger partial charge is 0.454 e. The second kappa shape index (κ2) is 11.0. The number of pyridine rings is 1. The third-order valence-electron chi connectivity index (χ3n) is 7.68. The van der Waals surface area contributed by atoms with Crippen molar-refractivity contribution >= 4 is 57.4 Å². The van der Waals surface area contributed by atoms with Gasteiger partial charge in [0.2, 0.25) is 6.79 Å². The van der Waals surface area contributed by atoms with Crippen LogP contribution in [-0.4, -0.2) is 57.5 Å². The highest BCUT2D eigenvalue weighted by molar-refractivity contribution is 8.26. The Hall–Kier alpha value is -4.42. The maximum Gasteiger partial charge on any atom is 0.267 e. The topological polar surface area (TPSA) is 79.6 Å². The van der Waals surface area contributed by atoms with E-state index in [0.717, 1.165) is 16.8 Å². The van der Waals surface area contributed by atoms with Gasteiger partial charge in [0.15, 0.2) is 11.5 Å². The first-order chi connectivity index (χ1) is 20.8. The summed E-state index contributed by atoms with van der Waals surface area (Å²) < 4.78 is 26.3. The van der Waals surface area contributed by atoms with Crippen LogP contribution in [0.2, 0.25) is 0 Å². The van der Waals surface area contributed by atoms with E-state index in [-0.39, 0.29) is 30.6 Å². The Morgan fingerprint density at radius 3 is 2.51 bits per heavy atom. The van der Waals surface area contributed by atoms with Crippen LogP contribution in [0.15, 0.2) is 70.5 Å². The molecule has 0 N–H and O–H groups in total. The molecule has 2 fully saturated rings. The monoisotopic (exact) mass is 615 g/mol. The minimum Gasteiger partial charge on any atom is -0.454 e. The second-order valence-electron chi connectivity index (χ2n) is 10.5. The molecule has 0 unspecified atom stereocenters. The maximum atomic E-state index is 13.9. The number of aryl methyl sites for hydroxylation is 1. The fraction of sp³-hybridized carbons (Fsp3) is 0.226. The van der Waals surface area contributed by atoms with Crippen LogP contribution in [0.1, 0.15) is 16.7 Å². The van der Waals surface area contributed by atoms with Crippen molar-refractivity contribution in [1.29, 1.82) is 0 Å². The molecule has 7 rings (SSSR count). The molecular formula is C31H26FN5O4S2. The third-order valence-corrected chi connectivity index (χ3v) is 9.06. The standard InChI is InChI=1S/C31H26FN5O4S2/c1-19-2-9-27-33-28(35-12-10-34(11-13-35)22-6-4-21(32)5-7-22)23(29(38)36(27)16-19)15-26-30(39)37(31(42)43-26)17-20-3-8-24-25(14-20)41-18-40-24/h2-9,14-16H,10-13,17-18H2,1H3. The zero-order valence-electron chi connectivity index (χ0n) is 23.2. The van der Waals surface area contributed by atoms with Gasteiger partial charge in [0.05, 0.1) is 17.0 Å². The Morgan fingerprint density at radius 2 is 1.72 bits per heavy atom. The number of carbonyl (C=O) groups excluding carboxylic acids is 1. The number of aromatic nitrogens is 2. The summed E-state index contributed by atoms with van der Waals surface area (Å²) in [6.07, 6.45) is 3.38. The summed E-state index contributed by atoms with van der Waals surface area (Å²) in [5, 5.41) is 0. The van der Waals surface area contributed by atoms with Crippen molar-refractivity contribution in [3.63, 3.8) is 0 Å². The zero-order valence-corrected chi connectivity index (χ0v) is 24.8. The van der Waals surface area contributed by atoms with E-state index in [1.807, 2.05) is 37.3 Å². The van der Waals surface area contributed by atoms with Crippen LogP contribution in [0.4, 0.5) is 15.9 Å². The number of amides is 1. The average molecular weight is 616 g/mol. The van der Waals surface area contributed by atoms with Crippen LogP contribution in [0, 0.1) is 12.7 Å². The van der Waals surface area contributed by atoms with Gasteiger partial charge in [0.1, 0.15) is 21.6 Å². The molecule has 3 aliphatic rings. The maximum absolute atomic E-state index is 13.9. The van der Waals surface area contributed by atoms with Gasteiger partial charge < -0.3 is 19.3 Å². The number of halogens is 1. The van der Waals surface area contributed by atoms with Gasteiger partial charge in [0.25, 0.3) is 11.5 Å². The molecule has 2 aromatic carbocycles. The minimum atomic E-state index is -0.274. The third kappa shape index (κ3) is 5.21. The molecular weight excluding hydrogens is 590 g/mol. The zero-order chi connectivity index (χ0) is 29.7. The van der Waals surface area contributed by atoms with Crippen molar-refractivity contribution in [3.8, 4) is 11.5 Å². The lowest BCUT2D eigenvalue weighted by atomic mass is 10.1. The summed E-state index contributed by atoms with van der Waals surface area (Å²) in [5.41, 5.74) is 3.31. The van der Waals surface area contributed by atoms with Gasteiger partial charge in [-0.15, -0.1) is 0 Å². The lowest BCUT2D eigenvalue weighted by molar-refractivity contribution is -0.122. The van der Waals surface area contributed by atoms with Gasteiger partial charge in [-0.05, 0) is 66.6 Å². The molecule has 0 radical (unpaired) electrons. The number of piperazine rings is 1. The lowest BCUT2D eigenvalue weighted by Crippen LogP contribution is -2.47. The molecule has 2 aromatic heterocycles. The summed E-state index contributed by atoms with van der Waals surface area (Å²) >= 11 is 6.77. The van der Waals surface area contributed by atoms with Crippen molar-refractivity contribution in [1.82, 2.24) is 14.3 Å². The lowest BCUT2D eigenvalue weighted by Gasteiger charge is -2.37. The molecule has 4 aromatic rings. The Labute approximate surface area is 256 Å². The van der Waals surface area contributed by atoms with E-state index >= 15 is 0 Å². The number of hydrogen-bond donors (Lipinski definition) is 0. The first-order valence-electron chi connectivity index (χ1n) is 13.8. The molecule has 0 spiro atoms. The molecule has 2 saturated heterocycles. The highest BCUT2D eigenvalue weighted by atomic mass is 32.2. The van der Waals surface area contributed by atoms with Crippen molar-refractivity contribution in [2.75, 3.05) is 42.8 Å². The molecule has 0 saturated carbocycles. The van der Waals surface area contributed by atoms with E-state index in [1.165, 1.54) is 33.2 Å². The Bertz CT molecular complexity index is 1870. The summed E-state index contributed by atoms with van der Waals surface area (Å²) in [7, 11) is 0. The van der Waals surface area contributed by atoms with Crippen LogP contribution < -0.4 is 24.8 Å². The Morgan fingerprint density at radius 1 is 0.977 bits per heavy atom. The van der Waals surface area contributed by atoms with Gasteiger partial charge in [-0.1, -0.05) is 36.1 Å². The average Bonchev–Trinajstić information content (AvgIpc) is 3.59. The molecule has 9 nitrogen and oxygen atoms in total. The fourth-order valence-corrected chi connectivity index (χ4v) is 6.67. The quantitative estimate of drug-likeness (QED) is 0.237. The Kier molecular flexibility index (Phi) is 7.02. The molecule has 43 heavy (non-hydrogen) atoms. The molecule has 0 aliphatic carbocycles. The van der Waals surface area contributed by atoms with Crippen molar-refractivity contribution in [3.05, 3.63) is 98.6 Å². The molecule has 0 atom stereocenters. The molecule has 5 heterocycles. The van der Waals surface area contributed by atoms with E-state index in [2.05, 4.69) is 9.80 Å². The smallest absolute Gasteiger partial charge is 0.267 e. The number of hydrogen-bond acceptors (Lipinski definition) is 9. The van der Waals surface area contributed by atoms with E-state index in [9.17, 15) is 14.0 Å². The van der Waals surface area contributed by atoms with Crippen molar-refractivity contribution in [2.24, 2.45) is 0 Å². The van der Waals surface area contributed by atoms with Crippen LogP contribution in [-0.2, 0) is 11.3 Å².